The van der Waals surface area contributed by atoms with Gasteiger partial charge in [0.05, 0.1) is 12.7 Å². The standard InChI is InChI=1S/C17H28N2O/c1-17(2,13-18-3)14-20-16-9-10-19(12-16)11-15-7-5-4-6-8-15/h4-8,16,18H,9-14H2,1-3H3. The zero-order valence-electron chi connectivity index (χ0n) is 13.1. The minimum Gasteiger partial charge on any atom is -0.376 e. The Bertz CT molecular complexity index is 391. The summed E-state index contributed by atoms with van der Waals surface area (Å²) in [5, 5.41) is 3.23. The number of benzene rings is 1. The van der Waals surface area contributed by atoms with E-state index in [1.807, 2.05) is 7.05 Å². The molecule has 0 saturated carbocycles. The first-order valence-electron chi connectivity index (χ1n) is 7.61. The van der Waals surface area contributed by atoms with Crippen LogP contribution in [0.3, 0.4) is 0 Å². The summed E-state index contributed by atoms with van der Waals surface area (Å²) in [6.45, 7) is 9.57. The molecule has 1 aromatic rings. The molecule has 1 aliphatic heterocycles. The second kappa shape index (κ2) is 7.21. The lowest BCUT2D eigenvalue weighted by Gasteiger charge is -2.26. The normalized spacial score (nSPS) is 20.4. The van der Waals surface area contributed by atoms with Crippen LogP contribution in [0, 0.1) is 5.41 Å². The Kier molecular flexibility index (Phi) is 5.58. The molecule has 3 heteroatoms. The molecule has 1 atom stereocenters. The van der Waals surface area contributed by atoms with Crippen LogP contribution < -0.4 is 5.32 Å². The number of ether oxygens (including phenoxy) is 1. The summed E-state index contributed by atoms with van der Waals surface area (Å²) in [6.07, 6.45) is 1.55. The Morgan fingerprint density at radius 2 is 2.05 bits per heavy atom. The highest BCUT2D eigenvalue weighted by Crippen LogP contribution is 2.20. The molecule has 1 heterocycles. The highest BCUT2D eigenvalue weighted by Gasteiger charge is 2.26. The molecule has 1 aliphatic rings. The first kappa shape index (κ1) is 15.5. The molecule has 1 saturated heterocycles. The van der Waals surface area contributed by atoms with E-state index < -0.39 is 0 Å². The molecular weight excluding hydrogens is 248 g/mol. The van der Waals surface area contributed by atoms with E-state index in [1.54, 1.807) is 0 Å². The second-order valence-corrected chi connectivity index (χ2v) is 6.64. The van der Waals surface area contributed by atoms with Crippen molar-refractivity contribution in [2.24, 2.45) is 5.41 Å². The molecular formula is C17H28N2O. The van der Waals surface area contributed by atoms with Crippen LogP contribution in [0.2, 0.25) is 0 Å². The van der Waals surface area contributed by atoms with E-state index in [9.17, 15) is 0 Å². The summed E-state index contributed by atoms with van der Waals surface area (Å²) in [6, 6.07) is 10.7. The van der Waals surface area contributed by atoms with Crippen LogP contribution in [0.5, 0.6) is 0 Å². The van der Waals surface area contributed by atoms with Gasteiger partial charge in [0.15, 0.2) is 0 Å². The van der Waals surface area contributed by atoms with Gasteiger partial charge in [0.2, 0.25) is 0 Å². The molecule has 0 aliphatic carbocycles. The van der Waals surface area contributed by atoms with Gasteiger partial charge in [-0.05, 0) is 19.0 Å². The van der Waals surface area contributed by atoms with E-state index in [2.05, 4.69) is 54.4 Å². The van der Waals surface area contributed by atoms with Crippen LogP contribution in [-0.4, -0.2) is 44.3 Å². The van der Waals surface area contributed by atoms with Crippen LogP contribution >= 0.6 is 0 Å². The first-order valence-corrected chi connectivity index (χ1v) is 7.61. The van der Waals surface area contributed by atoms with Gasteiger partial charge < -0.3 is 10.1 Å². The maximum Gasteiger partial charge on any atom is 0.0714 e. The molecule has 0 aromatic heterocycles. The van der Waals surface area contributed by atoms with Crippen molar-refractivity contribution >= 4 is 0 Å². The Hall–Kier alpha value is -0.900. The molecule has 1 N–H and O–H groups in total. The van der Waals surface area contributed by atoms with Crippen molar-refractivity contribution in [2.45, 2.75) is 32.9 Å². The average Bonchev–Trinajstić information content (AvgIpc) is 2.85. The number of likely N-dealkylation sites (tertiary alicyclic amines) is 1. The molecule has 1 unspecified atom stereocenters. The topological polar surface area (TPSA) is 24.5 Å². The molecule has 0 spiro atoms. The third-order valence-corrected chi connectivity index (χ3v) is 3.84. The van der Waals surface area contributed by atoms with Crippen molar-refractivity contribution in [3.05, 3.63) is 35.9 Å². The monoisotopic (exact) mass is 276 g/mol. The van der Waals surface area contributed by atoms with Crippen LogP contribution in [0.15, 0.2) is 30.3 Å². The predicted octanol–water partition coefficient (Wildman–Crippen LogP) is 2.52. The number of nitrogens with one attached hydrogen (secondary N) is 1. The second-order valence-electron chi connectivity index (χ2n) is 6.64. The van der Waals surface area contributed by atoms with E-state index in [1.165, 1.54) is 5.56 Å². The Balaban J connectivity index is 1.73. The van der Waals surface area contributed by atoms with Gasteiger partial charge in [-0.2, -0.15) is 0 Å². The van der Waals surface area contributed by atoms with Gasteiger partial charge in [0.25, 0.3) is 0 Å². The van der Waals surface area contributed by atoms with Gasteiger partial charge in [0.1, 0.15) is 0 Å². The number of nitrogens with zero attached hydrogens (tertiary/aromatic N) is 1. The van der Waals surface area contributed by atoms with Crippen LogP contribution in [0.4, 0.5) is 0 Å². The van der Waals surface area contributed by atoms with E-state index in [0.29, 0.717) is 6.10 Å². The summed E-state index contributed by atoms with van der Waals surface area (Å²) in [5.74, 6) is 0. The molecule has 20 heavy (non-hydrogen) atoms. The number of rotatable bonds is 7. The Labute approximate surface area is 123 Å². The largest absolute Gasteiger partial charge is 0.376 e. The van der Waals surface area contributed by atoms with E-state index in [0.717, 1.165) is 39.2 Å². The van der Waals surface area contributed by atoms with Gasteiger partial charge in [-0.25, -0.2) is 0 Å². The van der Waals surface area contributed by atoms with E-state index in [4.69, 9.17) is 4.74 Å². The molecule has 0 bridgehead atoms. The average molecular weight is 276 g/mol. The van der Waals surface area contributed by atoms with Crippen molar-refractivity contribution in [3.63, 3.8) is 0 Å². The number of hydrogen-bond donors (Lipinski definition) is 1. The van der Waals surface area contributed by atoms with Gasteiger partial charge >= 0.3 is 0 Å². The van der Waals surface area contributed by atoms with E-state index >= 15 is 0 Å². The van der Waals surface area contributed by atoms with Crippen molar-refractivity contribution in [3.8, 4) is 0 Å². The minimum atomic E-state index is 0.210. The summed E-state index contributed by atoms with van der Waals surface area (Å²) in [5.41, 5.74) is 1.60. The SMILES string of the molecule is CNCC(C)(C)COC1CCN(Cc2ccccc2)C1. The minimum absolute atomic E-state index is 0.210. The van der Waals surface area contributed by atoms with Crippen molar-refractivity contribution < 1.29 is 4.74 Å². The smallest absolute Gasteiger partial charge is 0.0714 e. The molecule has 2 rings (SSSR count). The fourth-order valence-electron chi connectivity index (χ4n) is 2.79. The van der Waals surface area contributed by atoms with E-state index in [-0.39, 0.29) is 5.41 Å². The van der Waals surface area contributed by atoms with Gasteiger partial charge in [-0.15, -0.1) is 0 Å². The highest BCUT2D eigenvalue weighted by molar-refractivity contribution is 5.14. The van der Waals surface area contributed by atoms with Crippen LogP contribution in [0.1, 0.15) is 25.8 Å². The molecule has 3 nitrogen and oxygen atoms in total. The van der Waals surface area contributed by atoms with Crippen molar-refractivity contribution in [1.82, 2.24) is 10.2 Å². The van der Waals surface area contributed by atoms with Crippen LogP contribution in [0.25, 0.3) is 0 Å². The number of hydrogen-bond acceptors (Lipinski definition) is 3. The molecule has 0 amide bonds. The zero-order chi connectivity index (χ0) is 14.4. The predicted molar refractivity (Wildman–Crippen MR) is 83.8 cm³/mol. The van der Waals surface area contributed by atoms with Crippen molar-refractivity contribution in [2.75, 3.05) is 33.3 Å². The van der Waals surface area contributed by atoms with Crippen molar-refractivity contribution in [1.29, 1.82) is 0 Å². The maximum absolute atomic E-state index is 6.11. The lowest BCUT2D eigenvalue weighted by Crippen LogP contribution is -2.33. The Morgan fingerprint density at radius 3 is 2.75 bits per heavy atom. The van der Waals surface area contributed by atoms with Gasteiger partial charge in [-0.1, -0.05) is 44.2 Å². The molecule has 0 radical (unpaired) electrons. The third-order valence-electron chi connectivity index (χ3n) is 3.84. The molecule has 112 valence electrons. The highest BCUT2D eigenvalue weighted by atomic mass is 16.5. The quantitative estimate of drug-likeness (QED) is 0.828. The summed E-state index contributed by atoms with van der Waals surface area (Å²) in [7, 11) is 2.00. The zero-order valence-corrected chi connectivity index (χ0v) is 13.1. The summed E-state index contributed by atoms with van der Waals surface area (Å²) < 4.78 is 6.11. The van der Waals surface area contributed by atoms with Gasteiger partial charge in [-0.3, -0.25) is 4.90 Å². The summed E-state index contributed by atoms with van der Waals surface area (Å²) >= 11 is 0. The van der Waals surface area contributed by atoms with Crippen LogP contribution in [-0.2, 0) is 11.3 Å². The lowest BCUT2D eigenvalue weighted by atomic mass is 9.95. The lowest BCUT2D eigenvalue weighted by molar-refractivity contribution is 0.00852. The fraction of sp³-hybridized carbons (Fsp3) is 0.647. The third kappa shape index (κ3) is 4.89. The molecule has 1 fully saturated rings. The fourth-order valence-corrected chi connectivity index (χ4v) is 2.79. The Morgan fingerprint density at radius 1 is 1.30 bits per heavy atom. The summed E-state index contributed by atoms with van der Waals surface area (Å²) in [4.78, 5) is 2.49. The van der Waals surface area contributed by atoms with Gasteiger partial charge in [0, 0.05) is 31.6 Å². The molecule has 1 aromatic carbocycles. The maximum atomic E-state index is 6.11. The first-order chi connectivity index (χ1) is 9.59.